The predicted molar refractivity (Wildman–Crippen MR) is 123 cm³/mol. The topological polar surface area (TPSA) is 76.8 Å². The van der Waals surface area contributed by atoms with Gasteiger partial charge in [-0.15, -0.1) is 0 Å². The second-order valence-electron chi connectivity index (χ2n) is 9.26. The van der Waals surface area contributed by atoms with E-state index in [0.29, 0.717) is 31.0 Å². The summed E-state index contributed by atoms with van der Waals surface area (Å²) in [4.78, 5) is 19.5. The van der Waals surface area contributed by atoms with Crippen LogP contribution < -0.4 is 9.47 Å². The average Bonchev–Trinajstić information content (AvgIpc) is 3.33. The maximum absolute atomic E-state index is 12.7. The molecule has 4 rings (SSSR count). The number of imidazole rings is 1. The number of para-hydroxylation sites is 4. The van der Waals surface area contributed by atoms with Gasteiger partial charge in [0.05, 0.1) is 24.7 Å². The number of aromatic nitrogens is 2. The van der Waals surface area contributed by atoms with E-state index in [2.05, 4.69) is 20.8 Å². The van der Waals surface area contributed by atoms with E-state index in [1.54, 1.807) is 7.11 Å². The summed E-state index contributed by atoms with van der Waals surface area (Å²) in [5.41, 5.74) is 1.58. The molecular weight excluding hydrogens is 406 g/mol. The van der Waals surface area contributed by atoms with Gasteiger partial charge in [0.2, 0.25) is 5.91 Å². The zero-order valence-corrected chi connectivity index (χ0v) is 19.1. The van der Waals surface area contributed by atoms with Gasteiger partial charge in [0.25, 0.3) is 0 Å². The van der Waals surface area contributed by atoms with Crippen molar-refractivity contribution in [2.24, 2.45) is 0 Å². The molecule has 1 aromatic heterocycles. The van der Waals surface area contributed by atoms with E-state index in [1.807, 2.05) is 58.0 Å². The highest BCUT2D eigenvalue weighted by Crippen LogP contribution is 2.34. The minimum absolute atomic E-state index is 0.0172. The zero-order chi connectivity index (χ0) is 22.9. The molecule has 7 nitrogen and oxygen atoms in total. The van der Waals surface area contributed by atoms with Gasteiger partial charge in [-0.05, 0) is 45.0 Å². The number of carbonyl (C=O) groups is 1. The molecule has 2 atom stereocenters. The number of aliphatic hydroxyl groups is 1. The van der Waals surface area contributed by atoms with E-state index in [0.717, 1.165) is 16.9 Å². The molecule has 7 heteroatoms. The molecule has 1 saturated heterocycles. The Morgan fingerprint density at radius 2 is 1.81 bits per heavy atom. The van der Waals surface area contributed by atoms with E-state index in [1.165, 1.54) is 0 Å². The van der Waals surface area contributed by atoms with Crippen LogP contribution in [0.1, 0.15) is 38.9 Å². The van der Waals surface area contributed by atoms with Gasteiger partial charge in [-0.25, -0.2) is 4.98 Å². The third-order valence-electron chi connectivity index (χ3n) is 5.88. The number of carbonyl (C=O) groups excluding carboxylic acids is 1. The van der Waals surface area contributed by atoms with E-state index < -0.39 is 6.10 Å². The molecule has 1 aliphatic heterocycles. The number of ether oxygens (including phenoxy) is 2. The zero-order valence-electron chi connectivity index (χ0n) is 19.1. The van der Waals surface area contributed by atoms with Crippen LogP contribution in [0.5, 0.6) is 11.5 Å². The summed E-state index contributed by atoms with van der Waals surface area (Å²) in [6.45, 7) is 7.22. The first-order valence-electron chi connectivity index (χ1n) is 11.0. The van der Waals surface area contributed by atoms with Gasteiger partial charge in [0.15, 0.2) is 11.5 Å². The lowest BCUT2D eigenvalue weighted by molar-refractivity contribution is -0.131. The molecule has 1 amide bonds. The number of aliphatic hydroxyl groups excluding tert-OH is 1. The Morgan fingerprint density at radius 3 is 2.50 bits per heavy atom. The Hall–Kier alpha value is -3.06. The number of hydrogen-bond acceptors (Lipinski definition) is 5. The SMILES string of the molecule is COc1ccccc1OC[C@H](O)Cn1c([C@@H]2CC(=O)N(C(C)(C)C)C2)nc2ccccc21. The molecule has 0 aliphatic carbocycles. The molecular formula is C25H31N3O4. The molecule has 1 fully saturated rings. The van der Waals surface area contributed by atoms with Gasteiger partial charge >= 0.3 is 0 Å². The van der Waals surface area contributed by atoms with Crippen molar-refractivity contribution in [3.8, 4) is 11.5 Å². The summed E-state index contributed by atoms with van der Waals surface area (Å²) in [5.74, 6) is 2.17. The van der Waals surface area contributed by atoms with Crippen molar-refractivity contribution in [3.63, 3.8) is 0 Å². The molecule has 2 heterocycles. The molecule has 0 unspecified atom stereocenters. The van der Waals surface area contributed by atoms with Crippen LogP contribution in [0.4, 0.5) is 0 Å². The molecule has 1 N–H and O–H groups in total. The molecule has 2 aromatic carbocycles. The van der Waals surface area contributed by atoms with Crippen molar-refractivity contribution in [3.05, 3.63) is 54.4 Å². The van der Waals surface area contributed by atoms with Crippen LogP contribution >= 0.6 is 0 Å². The summed E-state index contributed by atoms with van der Waals surface area (Å²) < 4.78 is 13.2. The quantitative estimate of drug-likeness (QED) is 0.611. The molecule has 0 saturated carbocycles. The lowest BCUT2D eigenvalue weighted by atomic mass is 10.1. The number of methoxy groups -OCH3 is 1. The summed E-state index contributed by atoms with van der Waals surface area (Å²) in [6, 6.07) is 15.2. The second-order valence-corrected chi connectivity index (χ2v) is 9.26. The Labute approximate surface area is 188 Å². The molecule has 1 aliphatic rings. The highest BCUT2D eigenvalue weighted by molar-refractivity contribution is 5.81. The first-order valence-corrected chi connectivity index (χ1v) is 11.0. The van der Waals surface area contributed by atoms with Crippen LogP contribution in [0.25, 0.3) is 11.0 Å². The van der Waals surface area contributed by atoms with Gasteiger partial charge in [-0.1, -0.05) is 24.3 Å². The summed E-state index contributed by atoms with van der Waals surface area (Å²) in [5, 5.41) is 10.8. The molecule has 0 spiro atoms. The maximum Gasteiger partial charge on any atom is 0.223 e. The standard InChI is InChI=1S/C25H31N3O4/c1-25(2,3)28-14-17(13-23(28)30)24-26-19-9-5-6-10-20(19)27(24)15-18(29)16-32-22-12-8-7-11-21(22)31-4/h5-12,17-18,29H,13-16H2,1-4H3/t17-,18-/m1/s1. The third kappa shape index (κ3) is 4.43. The summed E-state index contributed by atoms with van der Waals surface area (Å²) in [6.07, 6.45) is -0.332. The normalized spacial score (nSPS) is 17.7. The predicted octanol–water partition coefficient (Wildman–Crippen LogP) is 3.60. The third-order valence-corrected chi connectivity index (χ3v) is 5.88. The Kier molecular flexibility index (Phi) is 6.11. The van der Waals surface area contributed by atoms with Crippen molar-refractivity contribution in [2.45, 2.75) is 51.3 Å². The summed E-state index contributed by atoms with van der Waals surface area (Å²) in [7, 11) is 1.59. The van der Waals surface area contributed by atoms with Crippen LogP contribution in [-0.2, 0) is 11.3 Å². The van der Waals surface area contributed by atoms with Gasteiger partial charge in [0.1, 0.15) is 18.5 Å². The van der Waals surface area contributed by atoms with Crippen LogP contribution in [0.3, 0.4) is 0 Å². The van der Waals surface area contributed by atoms with Crippen molar-refractivity contribution in [1.29, 1.82) is 0 Å². The number of benzene rings is 2. The van der Waals surface area contributed by atoms with Crippen molar-refractivity contribution >= 4 is 16.9 Å². The Balaban J connectivity index is 1.56. The lowest BCUT2D eigenvalue weighted by Crippen LogP contribution is -2.42. The number of likely N-dealkylation sites (tertiary alicyclic amines) is 1. The fraction of sp³-hybridized carbons (Fsp3) is 0.440. The second kappa shape index (κ2) is 8.82. The molecule has 3 aromatic rings. The van der Waals surface area contributed by atoms with E-state index >= 15 is 0 Å². The van der Waals surface area contributed by atoms with Crippen molar-refractivity contribution in [2.75, 3.05) is 20.3 Å². The lowest BCUT2D eigenvalue weighted by Gasteiger charge is -2.32. The molecule has 32 heavy (non-hydrogen) atoms. The maximum atomic E-state index is 12.7. The van der Waals surface area contributed by atoms with Crippen LogP contribution in [-0.4, -0.2) is 57.4 Å². The van der Waals surface area contributed by atoms with Gasteiger partial charge in [-0.2, -0.15) is 0 Å². The Bertz CT molecular complexity index is 1100. The van der Waals surface area contributed by atoms with Crippen molar-refractivity contribution < 1.29 is 19.4 Å². The minimum Gasteiger partial charge on any atom is -0.493 e. The molecule has 0 radical (unpaired) electrons. The van der Waals surface area contributed by atoms with E-state index in [-0.39, 0.29) is 24.0 Å². The first-order chi connectivity index (χ1) is 15.3. The summed E-state index contributed by atoms with van der Waals surface area (Å²) >= 11 is 0. The first kappa shape index (κ1) is 22.1. The smallest absolute Gasteiger partial charge is 0.223 e. The average molecular weight is 438 g/mol. The highest BCUT2D eigenvalue weighted by atomic mass is 16.5. The fourth-order valence-corrected chi connectivity index (χ4v) is 4.31. The largest absolute Gasteiger partial charge is 0.493 e. The van der Waals surface area contributed by atoms with Crippen LogP contribution in [0, 0.1) is 0 Å². The van der Waals surface area contributed by atoms with E-state index in [9.17, 15) is 9.90 Å². The number of fused-ring (bicyclic) bond motifs is 1. The molecule has 0 bridgehead atoms. The molecule has 170 valence electrons. The monoisotopic (exact) mass is 437 g/mol. The number of amides is 1. The highest BCUT2D eigenvalue weighted by Gasteiger charge is 2.39. The minimum atomic E-state index is -0.757. The number of rotatable bonds is 7. The van der Waals surface area contributed by atoms with Crippen LogP contribution in [0.2, 0.25) is 0 Å². The van der Waals surface area contributed by atoms with Gasteiger partial charge in [-0.3, -0.25) is 4.79 Å². The van der Waals surface area contributed by atoms with Crippen LogP contribution in [0.15, 0.2) is 48.5 Å². The van der Waals surface area contributed by atoms with Gasteiger partial charge < -0.3 is 24.0 Å². The van der Waals surface area contributed by atoms with Gasteiger partial charge in [0, 0.05) is 24.4 Å². The Morgan fingerprint density at radius 1 is 1.12 bits per heavy atom. The van der Waals surface area contributed by atoms with E-state index in [4.69, 9.17) is 14.5 Å². The number of hydrogen-bond donors (Lipinski definition) is 1. The fourth-order valence-electron chi connectivity index (χ4n) is 4.31. The van der Waals surface area contributed by atoms with Crippen molar-refractivity contribution in [1.82, 2.24) is 14.5 Å². The number of nitrogens with zero attached hydrogens (tertiary/aromatic N) is 3.